The molecular weight excluding hydrogens is 221 g/mol. The predicted molar refractivity (Wildman–Crippen MR) is 48.2 cm³/mol. The first-order valence-electron chi connectivity index (χ1n) is 4.21. The van der Waals surface area contributed by atoms with Crippen LogP contribution >= 0.6 is 0 Å². The minimum atomic E-state index is -4.65. The molecule has 1 aliphatic rings. The SMILES string of the molecule is N#Cc1ccc(N)cc1C1(C(F)(F)F)N=N1. The summed E-state index contributed by atoms with van der Waals surface area (Å²) in [6.07, 6.45) is -4.65. The zero-order valence-corrected chi connectivity index (χ0v) is 7.78. The van der Waals surface area contributed by atoms with Gasteiger partial charge in [0, 0.05) is 11.3 Å². The number of hydrogen-bond donors (Lipinski definition) is 1. The van der Waals surface area contributed by atoms with Gasteiger partial charge in [-0.05, 0) is 18.2 Å². The molecule has 82 valence electrons. The second-order valence-corrected chi connectivity index (χ2v) is 3.29. The normalized spacial score (nSPS) is 16.9. The van der Waals surface area contributed by atoms with Gasteiger partial charge in [-0.2, -0.15) is 18.4 Å². The molecule has 1 heterocycles. The minimum Gasteiger partial charge on any atom is -0.399 e. The minimum absolute atomic E-state index is 0.128. The molecule has 16 heavy (non-hydrogen) atoms. The summed E-state index contributed by atoms with van der Waals surface area (Å²) in [6, 6.07) is 5.32. The molecule has 2 N–H and O–H groups in total. The third-order valence-corrected chi connectivity index (χ3v) is 2.23. The van der Waals surface area contributed by atoms with Crippen LogP contribution in [0.2, 0.25) is 0 Å². The van der Waals surface area contributed by atoms with Crippen LogP contribution in [0.5, 0.6) is 0 Å². The molecule has 0 spiro atoms. The molecule has 4 nitrogen and oxygen atoms in total. The van der Waals surface area contributed by atoms with Crippen LogP contribution in [-0.2, 0) is 5.66 Å². The summed E-state index contributed by atoms with van der Waals surface area (Å²) in [5.41, 5.74) is 2.49. The Morgan fingerprint density at radius 3 is 2.38 bits per heavy atom. The lowest BCUT2D eigenvalue weighted by atomic mass is 9.97. The molecule has 0 fully saturated rings. The number of rotatable bonds is 1. The Bertz CT molecular complexity index is 506. The quantitative estimate of drug-likeness (QED) is 0.746. The summed E-state index contributed by atoms with van der Waals surface area (Å²) >= 11 is 0. The molecule has 0 aromatic heterocycles. The molecule has 0 amide bonds. The fraction of sp³-hybridized carbons (Fsp3) is 0.222. The summed E-state index contributed by atoms with van der Waals surface area (Å²) in [4.78, 5) is 0. The van der Waals surface area contributed by atoms with Gasteiger partial charge < -0.3 is 5.73 Å². The van der Waals surface area contributed by atoms with Crippen LogP contribution in [0.1, 0.15) is 11.1 Å². The van der Waals surface area contributed by atoms with Crippen LogP contribution in [-0.4, -0.2) is 6.18 Å². The van der Waals surface area contributed by atoms with Crippen molar-refractivity contribution in [3.8, 4) is 6.07 Å². The zero-order valence-electron chi connectivity index (χ0n) is 7.78. The van der Waals surface area contributed by atoms with Crippen molar-refractivity contribution in [2.45, 2.75) is 11.8 Å². The van der Waals surface area contributed by atoms with Gasteiger partial charge in [-0.25, -0.2) is 0 Å². The van der Waals surface area contributed by atoms with Crippen LogP contribution in [0.3, 0.4) is 0 Å². The van der Waals surface area contributed by atoms with Gasteiger partial charge in [0.1, 0.15) is 0 Å². The number of hydrogen-bond acceptors (Lipinski definition) is 4. The van der Waals surface area contributed by atoms with E-state index in [0.29, 0.717) is 0 Å². The maximum absolute atomic E-state index is 12.7. The Morgan fingerprint density at radius 2 is 1.94 bits per heavy atom. The van der Waals surface area contributed by atoms with Gasteiger partial charge >= 0.3 is 11.8 Å². The average Bonchev–Trinajstić information content (AvgIpc) is 2.97. The number of alkyl halides is 3. The standard InChI is InChI=1S/C9H5F3N4/c10-9(11,12)8(15-16-8)7-3-6(14)2-1-5(7)4-13/h1-3H,14H2. The van der Waals surface area contributed by atoms with E-state index in [-0.39, 0.29) is 16.8 Å². The molecule has 0 atom stereocenters. The van der Waals surface area contributed by atoms with E-state index in [9.17, 15) is 13.2 Å². The number of nitrogens with two attached hydrogens (primary N) is 1. The lowest BCUT2D eigenvalue weighted by molar-refractivity contribution is -0.166. The average molecular weight is 226 g/mol. The summed E-state index contributed by atoms with van der Waals surface area (Å²) in [5.74, 6) is 0. The number of anilines is 1. The third-order valence-electron chi connectivity index (χ3n) is 2.23. The lowest BCUT2D eigenvalue weighted by Gasteiger charge is -2.16. The maximum atomic E-state index is 12.7. The van der Waals surface area contributed by atoms with Gasteiger partial charge in [0.05, 0.1) is 11.6 Å². The van der Waals surface area contributed by atoms with Crippen molar-refractivity contribution in [2.24, 2.45) is 10.2 Å². The van der Waals surface area contributed by atoms with Gasteiger partial charge in [-0.3, -0.25) is 0 Å². The molecule has 0 saturated carbocycles. The van der Waals surface area contributed by atoms with E-state index in [2.05, 4.69) is 10.2 Å². The van der Waals surface area contributed by atoms with Crippen molar-refractivity contribution in [3.63, 3.8) is 0 Å². The highest BCUT2D eigenvalue weighted by Gasteiger charge is 2.66. The first kappa shape index (κ1) is 10.4. The number of nitriles is 1. The largest absolute Gasteiger partial charge is 0.442 e. The Hall–Kier alpha value is -2.10. The Kier molecular flexibility index (Phi) is 1.92. The highest BCUT2D eigenvalue weighted by Crippen LogP contribution is 2.53. The zero-order chi connectivity index (χ0) is 12.0. The van der Waals surface area contributed by atoms with E-state index in [1.807, 2.05) is 0 Å². The topological polar surface area (TPSA) is 74.5 Å². The number of benzene rings is 1. The summed E-state index contributed by atoms with van der Waals surface area (Å²) in [7, 11) is 0. The van der Waals surface area contributed by atoms with Gasteiger partial charge in [-0.1, -0.05) is 0 Å². The Balaban J connectivity index is 2.57. The number of nitrogens with zero attached hydrogens (tertiary/aromatic N) is 3. The smallest absolute Gasteiger partial charge is 0.399 e. The second kappa shape index (κ2) is 2.95. The molecule has 0 aliphatic carbocycles. The van der Waals surface area contributed by atoms with Crippen LogP contribution in [0.15, 0.2) is 28.4 Å². The van der Waals surface area contributed by atoms with Crippen LogP contribution in [0, 0.1) is 11.3 Å². The molecule has 2 rings (SSSR count). The van der Waals surface area contributed by atoms with Gasteiger partial charge in [0.15, 0.2) is 0 Å². The van der Waals surface area contributed by atoms with Crippen LogP contribution in [0.4, 0.5) is 18.9 Å². The van der Waals surface area contributed by atoms with Crippen molar-refractivity contribution in [1.29, 1.82) is 5.26 Å². The van der Waals surface area contributed by atoms with E-state index in [1.54, 1.807) is 6.07 Å². The van der Waals surface area contributed by atoms with E-state index >= 15 is 0 Å². The molecule has 0 unspecified atom stereocenters. The summed E-state index contributed by atoms with van der Waals surface area (Å²) in [5, 5.41) is 14.8. The molecular formula is C9H5F3N4. The second-order valence-electron chi connectivity index (χ2n) is 3.29. The molecule has 0 radical (unpaired) electrons. The van der Waals surface area contributed by atoms with E-state index in [0.717, 1.165) is 6.07 Å². The lowest BCUT2D eigenvalue weighted by Crippen LogP contribution is -2.31. The Labute approximate surface area is 88.2 Å². The molecule has 7 heteroatoms. The molecule has 1 aromatic rings. The summed E-state index contributed by atoms with van der Waals surface area (Å²) in [6.45, 7) is 0. The van der Waals surface area contributed by atoms with Gasteiger partial charge in [0.25, 0.3) is 0 Å². The van der Waals surface area contributed by atoms with Crippen molar-refractivity contribution in [3.05, 3.63) is 29.3 Å². The van der Waals surface area contributed by atoms with E-state index in [1.165, 1.54) is 12.1 Å². The highest BCUT2D eigenvalue weighted by atomic mass is 19.4. The number of halogens is 3. The molecule has 0 bridgehead atoms. The molecule has 1 aromatic carbocycles. The van der Waals surface area contributed by atoms with E-state index < -0.39 is 11.8 Å². The Morgan fingerprint density at radius 1 is 1.31 bits per heavy atom. The van der Waals surface area contributed by atoms with Crippen molar-refractivity contribution >= 4 is 5.69 Å². The first-order valence-corrected chi connectivity index (χ1v) is 4.21. The fourth-order valence-electron chi connectivity index (χ4n) is 1.37. The third kappa shape index (κ3) is 1.31. The van der Waals surface area contributed by atoms with E-state index in [4.69, 9.17) is 11.0 Å². The van der Waals surface area contributed by atoms with Gasteiger partial charge in [0.2, 0.25) is 0 Å². The van der Waals surface area contributed by atoms with Crippen LogP contribution in [0.25, 0.3) is 0 Å². The molecule has 1 aliphatic heterocycles. The monoisotopic (exact) mass is 226 g/mol. The summed E-state index contributed by atoms with van der Waals surface area (Å²) < 4.78 is 38.1. The van der Waals surface area contributed by atoms with Crippen molar-refractivity contribution < 1.29 is 13.2 Å². The first-order chi connectivity index (χ1) is 7.40. The van der Waals surface area contributed by atoms with Gasteiger partial charge in [-0.15, -0.1) is 10.2 Å². The van der Waals surface area contributed by atoms with Crippen LogP contribution < -0.4 is 5.73 Å². The van der Waals surface area contributed by atoms with Crippen molar-refractivity contribution in [2.75, 3.05) is 5.73 Å². The highest BCUT2D eigenvalue weighted by molar-refractivity contribution is 5.53. The fourth-order valence-corrected chi connectivity index (χ4v) is 1.37. The van der Waals surface area contributed by atoms with Crippen molar-refractivity contribution in [1.82, 2.24) is 0 Å². The number of nitrogen functional groups attached to an aromatic ring is 1. The predicted octanol–water partition coefficient (Wildman–Crippen LogP) is 2.32. The maximum Gasteiger partial charge on any atom is 0.442 e. The molecule has 0 saturated heterocycles.